The van der Waals surface area contributed by atoms with Gasteiger partial charge in [0, 0.05) is 13.0 Å². The summed E-state index contributed by atoms with van der Waals surface area (Å²) in [5.74, 6) is -0.220. The Balaban J connectivity index is 3.70. The zero-order valence-electron chi connectivity index (χ0n) is 8.25. The van der Waals surface area contributed by atoms with Crippen LogP contribution in [0.1, 0.15) is 20.3 Å². The summed E-state index contributed by atoms with van der Waals surface area (Å²) in [5, 5.41) is 8.36. The van der Waals surface area contributed by atoms with Crippen LogP contribution in [-0.4, -0.2) is 37.1 Å². The summed E-state index contributed by atoms with van der Waals surface area (Å²) in [7, 11) is 0. The van der Waals surface area contributed by atoms with Crippen molar-refractivity contribution < 1.29 is 9.53 Å². The fourth-order valence-electron chi connectivity index (χ4n) is 0.946. The van der Waals surface area contributed by atoms with Crippen molar-refractivity contribution in [2.45, 2.75) is 20.3 Å². The maximum atomic E-state index is 11.0. The molecule has 0 atom stereocenters. The van der Waals surface area contributed by atoms with Gasteiger partial charge in [-0.1, -0.05) is 6.92 Å². The summed E-state index contributed by atoms with van der Waals surface area (Å²) in [4.78, 5) is 12.9. The van der Waals surface area contributed by atoms with Crippen molar-refractivity contribution in [1.82, 2.24) is 4.90 Å². The first-order valence-corrected chi connectivity index (χ1v) is 4.49. The van der Waals surface area contributed by atoms with Gasteiger partial charge in [-0.05, 0) is 13.5 Å². The van der Waals surface area contributed by atoms with Crippen LogP contribution in [0.4, 0.5) is 0 Å². The predicted molar refractivity (Wildman–Crippen MR) is 49.0 cm³/mol. The molecule has 74 valence electrons. The van der Waals surface area contributed by atoms with E-state index in [-0.39, 0.29) is 12.5 Å². The minimum atomic E-state index is -0.220. The summed E-state index contributed by atoms with van der Waals surface area (Å²) in [6.45, 7) is 5.83. The van der Waals surface area contributed by atoms with Crippen LogP contribution in [0.15, 0.2) is 0 Å². The van der Waals surface area contributed by atoms with E-state index in [0.717, 1.165) is 6.54 Å². The van der Waals surface area contributed by atoms with Gasteiger partial charge in [-0.15, -0.1) is 0 Å². The molecule has 0 heterocycles. The molecule has 0 rings (SSSR count). The lowest BCUT2D eigenvalue weighted by atomic mass is 10.4. The van der Waals surface area contributed by atoms with Crippen molar-refractivity contribution in [3.8, 4) is 6.07 Å². The Hall–Kier alpha value is -1.08. The smallest absolute Gasteiger partial charge is 0.320 e. The van der Waals surface area contributed by atoms with Crippen LogP contribution in [0, 0.1) is 11.3 Å². The summed E-state index contributed by atoms with van der Waals surface area (Å²) in [6, 6.07) is 2.04. The summed E-state index contributed by atoms with van der Waals surface area (Å²) >= 11 is 0. The molecule has 0 radical (unpaired) electrons. The van der Waals surface area contributed by atoms with E-state index >= 15 is 0 Å². The Bertz CT molecular complexity index is 187. The van der Waals surface area contributed by atoms with Gasteiger partial charge >= 0.3 is 5.97 Å². The first-order valence-electron chi connectivity index (χ1n) is 4.49. The number of nitriles is 1. The van der Waals surface area contributed by atoms with E-state index in [2.05, 4.69) is 0 Å². The minimum Gasteiger partial charge on any atom is -0.465 e. The molecular weight excluding hydrogens is 168 g/mol. The van der Waals surface area contributed by atoms with E-state index in [1.807, 2.05) is 17.9 Å². The molecule has 0 aromatic rings. The maximum absolute atomic E-state index is 11.0. The molecule has 0 saturated heterocycles. The third-order valence-corrected chi connectivity index (χ3v) is 1.65. The third-order valence-electron chi connectivity index (χ3n) is 1.65. The van der Waals surface area contributed by atoms with Crippen LogP contribution in [0.3, 0.4) is 0 Å². The Labute approximate surface area is 79.1 Å². The monoisotopic (exact) mass is 184 g/mol. The zero-order valence-corrected chi connectivity index (χ0v) is 8.25. The van der Waals surface area contributed by atoms with Gasteiger partial charge in [-0.25, -0.2) is 0 Å². The normalized spacial score (nSPS) is 9.69. The Morgan fingerprint density at radius 3 is 2.69 bits per heavy atom. The zero-order chi connectivity index (χ0) is 10.1. The fraction of sp³-hybridized carbons (Fsp3) is 0.778. The summed E-state index contributed by atoms with van der Waals surface area (Å²) < 4.78 is 4.79. The largest absolute Gasteiger partial charge is 0.465 e. The number of nitrogens with zero attached hydrogens (tertiary/aromatic N) is 2. The van der Waals surface area contributed by atoms with E-state index < -0.39 is 0 Å². The number of carbonyl (C=O) groups excluding carboxylic acids is 1. The maximum Gasteiger partial charge on any atom is 0.320 e. The van der Waals surface area contributed by atoms with E-state index in [1.165, 1.54) is 0 Å². The minimum absolute atomic E-state index is 0.220. The van der Waals surface area contributed by atoms with Gasteiger partial charge in [0.1, 0.15) is 0 Å². The molecule has 0 aliphatic carbocycles. The van der Waals surface area contributed by atoms with Crippen molar-refractivity contribution in [2.75, 3.05) is 26.2 Å². The van der Waals surface area contributed by atoms with Crippen molar-refractivity contribution in [1.29, 1.82) is 5.26 Å². The van der Waals surface area contributed by atoms with E-state index in [4.69, 9.17) is 10.00 Å². The predicted octanol–water partition coefficient (Wildman–Crippen LogP) is 0.785. The van der Waals surface area contributed by atoms with Gasteiger partial charge in [0.2, 0.25) is 0 Å². The summed E-state index contributed by atoms with van der Waals surface area (Å²) in [6.07, 6.45) is 0.452. The topological polar surface area (TPSA) is 53.3 Å². The molecule has 0 amide bonds. The highest BCUT2D eigenvalue weighted by molar-refractivity contribution is 5.71. The molecule has 0 N–H and O–H groups in total. The molecule has 0 fully saturated rings. The van der Waals surface area contributed by atoms with E-state index in [0.29, 0.717) is 19.6 Å². The summed E-state index contributed by atoms with van der Waals surface area (Å²) in [5.41, 5.74) is 0. The van der Waals surface area contributed by atoms with Crippen LogP contribution in [0.2, 0.25) is 0 Å². The van der Waals surface area contributed by atoms with Crippen LogP contribution >= 0.6 is 0 Å². The molecule has 0 aromatic carbocycles. The fourth-order valence-corrected chi connectivity index (χ4v) is 0.946. The number of rotatable bonds is 6. The van der Waals surface area contributed by atoms with Gasteiger partial charge in [0.15, 0.2) is 0 Å². The first kappa shape index (κ1) is 11.9. The molecule has 0 unspecified atom stereocenters. The van der Waals surface area contributed by atoms with Gasteiger partial charge in [-0.3, -0.25) is 9.69 Å². The third kappa shape index (κ3) is 6.12. The number of hydrogen-bond donors (Lipinski definition) is 0. The van der Waals surface area contributed by atoms with Gasteiger partial charge in [0.05, 0.1) is 19.2 Å². The quantitative estimate of drug-likeness (QED) is 0.572. The molecule has 0 aliphatic rings. The van der Waals surface area contributed by atoms with Crippen LogP contribution in [-0.2, 0) is 9.53 Å². The molecule has 0 aliphatic heterocycles. The van der Waals surface area contributed by atoms with E-state index in [9.17, 15) is 4.79 Å². The second-order valence-electron chi connectivity index (χ2n) is 2.58. The molecule has 0 spiro atoms. The molecule has 4 nitrogen and oxygen atoms in total. The van der Waals surface area contributed by atoms with Crippen LogP contribution < -0.4 is 0 Å². The van der Waals surface area contributed by atoms with Gasteiger partial charge < -0.3 is 4.74 Å². The van der Waals surface area contributed by atoms with Crippen molar-refractivity contribution in [3.63, 3.8) is 0 Å². The second-order valence-corrected chi connectivity index (χ2v) is 2.58. The Morgan fingerprint density at radius 2 is 2.23 bits per heavy atom. The van der Waals surface area contributed by atoms with Crippen molar-refractivity contribution in [3.05, 3.63) is 0 Å². The number of ether oxygens (including phenoxy) is 1. The van der Waals surface area contributed by atoms with Crippen molar-refractivity contribution in [2.24, 2.45) is 0 Å². The molecule has 0 saturated carbocycles. The number of carbonyl (C=O) groups is 1. The van der Waals surface area contributed by atoms with Gasteiger partial charge in [-0.2, -0.15) is 5.26 Å². The molecule has 4 heteroatoms. The van der Waals surface area contributed by atoms with Crippen LogP contribution in [0.25, 0.3) is 0 Å². The lowest BCUT2D eigenvalue weighted by Crippen LogP contribution is -2.31. The lowest BCUT2D eigenvalue weighted by molar-refractivity contribution is -0.144. The SMILES string of the molecule is CCOC(=O)CN(CC)CCC#N. The molecule has 13 heavy (non-hydrogen) atoms. The van der Waals surface area contributed by atoms with Crippen LogP contribution in [0.5, 0.6) is 0 Å². The molecule has 0 bridgehead atoms. The van der Waals surface area contributed by atoms with Crippen molar-refractivity contribution >= 4 is 5.97 Å². The Morgan fingerprint density at radius 1 is 1.54 bits per heavy atom. The highest BCUT2D eigenvalue weighted by atomic mass is 16.5. The average Bonchev–Trinajstić information content (AvgIpc) is 2.12. The standard InChI is InChI=1S/C9H16N2O2/c1-3-11(7-5-6-10)8-9(12)13-4-2/h3-5,7-8H2,1-2H3. The lowest BCUT2D eigenvalue weighted by Gasteiger charge is -2.17. The molecule has 0 aromatic heterocycles. The van der Waals surface area contributed by atoms with Gasteiger partial charge in [0.25, 0.3) is 0 Å². The average molecular weight is 184 g/mol. The number of hydrogen-bond acceptors (Lipinski definition) is 4. The first-order chi connectivity index (χ1) is 6.24. The molecular formula is C9H16N2O2. The van der Waals surface area contributed by atoms with E-state index in [1.54, 1.807) is 6.92 Å². The highest BCUT2D eigenvalue weighted by Gasteiger charge is 2.08. The number of likely N-dealkylation sites (N-methyl/N-ethyl adjacent to an activating group) is 1. The Kier molecular flexibility index (Phi) is 6.93. The highest BCUT2D eigenvalue weighted by Crippen LogP contribution is 1.91. The number of esters is 1. The second kappa shape index (κ2) is 7.56.